The number of rotatable bonds is 8. The summed E-state index contributed by atoms with van der Waals surface area (Å²) in [6, 6.07) is 21.0. The zero-order valence-electron chi connectivity index (χ0n) is 21.9. The molecule has 0 radical (unpaired) electrons. The van der Waals surface area contributed by atoms with Gasteiger partial charge in [-0.3, -0.25) is 19.0 Å². The minimum absolute atomic E-state index is 0.190. The first kappa shape index (κ1) is 24.5. The summed E-state index contributed by atoms with van der Waals surface area (Å²) in [7, 11) is 3.06. The number of pyridine rings is 2. The second-order valence-corrected chi connectivity index (χ2v) is 9.39. The first-order chi connectivity index (χ1) is 19.0. The minimum Gasteiger partial charge on any atom is -0.493 e. The lowest BCUT2D eigenvalue weighted by molar-refractivity contribution is -0.127. The summed E-state index contributed by atoms with van der Waals surface area (Å²) in [5.74, 6) is 1.19. The number of amides is 1. The molecule has 8 heteroatoms. The number of methoxy groups -OCH3 is 2. The van der Waals surface area contributed by atoms with Crippen LogP contribution in [0.3, 0.4) is 0 Å². The van der Waals surface area contributed by atoms with Crippen molar-refractivity contribution in [2.45, 2.75) is 19.4 Å². The molecule has 196 valence electrons. The van der Waals surface area contributed by atoms with Gasteiger partial charge >= 0.3 is 0 Å². The number of carbonyl (C=O) groups is 1. The van der Waals surface area contributed by atoms with Gasteiger partial charge in [-0.15, -0.1) is 0 Å². The van der Waals surface area contributed by atoms with Crippen molar-refractivity contribution in [1.29, 1.82) is 0 Å². The number of hydrogen-bond donors (Lipinski definition) is 1. The normalized spacial score (nSPS) is 12.3. The molecule has 3 heterocycles. The van der Waals surface area contributed by atoms with Crippen LogP contribution in [0.2, 0.25) is 0 Å². The highest BCUT2D eigenvalue weighted by atomic mass is 16.5. The molecule has 1 atom stereocenters. The number of hydrogen-bond acceptors (Lipinski definition) is 6. The summed E-state index contributed by atoms with van der Waals surface area (Å²) in [6.07, 6.45) is 1.78. The van der Waals surface area contributed by atoms with Crippen molar-refractivity contribution < 1.29 is 19.0 Å². The average Bonchev–Trinajstić information content (AvgIpc) is 3.30. The molecule has 39 heavy (non-hydrogen) atoms. The molecular formula is C31H27N3O5. The Bertz CT molecular complexity index is 1900. The Balaban J connectivity index is 1.37. The molecule has 6 rings (SSSR count). The molecule has 0 unspecified atom stereocenters. The van der Waals surface area contributed by atoms with Gasteiger partial charge in [0.1, 0.15) is 5.75 Å². The maximum Gasteiger partial charge on any atom is 0.267 e. The van der Waals surface area contributed by atoms with Crippen molar-refractivity contribution in [2.24, 2.45) is 0 Å². The summed E-state index contributed by atoms with van der Waals surface area (Å²) < 4.78 is 18.7. The second-order valence-electron chi connectivity index (χ2n) is 9.39. The summed E-state index contributed by atoms with van der Waals surface area (Å²) in [4.78, 5) is 31.2. The van der Waals surface area contributed by atoms with E-state index >= 15 is 0 Å². The fourth-order valence-corrected chi connectivity index (χ4v) is 5.25. The van der Waals surface area contributed by atoms with Crippen LogP contribution in [-0.2, 0) is 11.2 Å². The highest BCUT2D eigenvalue weighted by Gasteiger charge is 2.23. The monoisotopic (exact) mass is 521 g/mol. The molecule has 0 fully saturated rings. The van der Waals surface area contributed by atoms with E-state index in [1.54, 1.807) is 36.8 Å². The Morgan fingerprint density at radius 2 is 1.79 bits per heavy atom. The lowest BCUT2D eigenvalue weighted by atomic mass is 10.1. The van der Waals surface area contributed by atoms with Gasteiger partial charge in [0.05, 0.1) is 36.2 Å². The largest absolute Gasteiger partial charge is 0.493 e. The van der Waals surface area contributed by atoms with E-state index in [4.69, 9.17) is 14.2 Å². The van der Waals surface area contributed by atoms with Gasteiger partial charge in [0.2, 0.25) is 0 Å². The third kappa shape index (κ3) is 4.05. The van der Waals surface area contributed by atoms with Crippen LogP contribution in [0.15, 0.2) is 77.7 Å². The molecule has 0 bridgehead atoms. The Kier molecular flexibility index (Phi) is 6.15. The molecule has 0 spiro atoms. The van der Waals surface area contributed by atoms with Crippen LogP contribution in [0, 0.1) is 0 Å². The molecule has 3 aromatic heterocycles. The van der Waals surface area contributed by atoms with Gasteiger partial charge in [-0.1, -0.05) is 30.3 Å². The predicted molar refractivity (Wildman–Crippen MR) is 152 cm³/mol. The van der Waals surface area contributed by atoms with Crippen LogP contribution < -0.4 is 25.1 Å². The second kappa shape index (κ2) is 9.79. The van der Waals surface area contributed by atoms with Gasteiger partial charge in [0, 0.05) is 28.9 Å². The smallest absolute Gasteiger partial charge is 0.267 e. The van der Waals surface area contributed by atoms with Crippen molar-refractivity contribution in [3.63, 3.8) is 0 Å². The number of carbonyl (C=O) groups excluding carboxylic acids is 1. The zero-order valence-corrected chi connectivity index (χ0v) is 21.9. The summed E-state index contributed by atoms with van der Waals surface area (Å²) in [5.41, 5.74) is 3.06. The van der Waals surface area contributed by atoms with E-state index in [0.717, 1.165) is 28.3 Å². The molecule has 1 N–H and O–H groups in total. The molecule has 1 amide bonds. The SMILES string of the molecule is COc1ccc2c(c1OC)c(=O)n1c3ccc(O[C@@H](C)C(=O)NCCc4ccccc4)cc3c3ccnc2c31. The van der Waals surface area contributed by atoms with Crippen LogP contribution >= 0.6 is 0 Å². The van der Waals surface area contributed by atoms with E-state index in [1.807, 2.05) is 54.6 Å². The Morgan fingerprint density at radius 1 is 0.974 bits per heavy atom. The van der Waals surface area contributed by atoms with Gasteiger partial charge in [-0.2, -0.15) is 0 Å². The van der Waals surface area contributed by atoms with E-state index in [0.29, 0.717) is 45.6 Å². The maximum absolute atomic E-state index is 13.9. The lowest BCUT2D eigenvalue weighted by Gasteiger charge is -2.15. The van der Waals surface area contributed by atoms with E-state index < -0.39 is 6.10 Å². The van der Waals surface area contributed by atoms with Gasteiger partial charge in [0.15, 0.2) is 17.6 Å². The van der Waals surface area contributed by atoms with Crippen LogP contribution in [0.25, 0.3) is 38.1 Å². The molecule has 3 aromatic carbocycles. The first-order valence-electron chi connectivity index (χ1n) is 12.7. The van der Waals surface area contributed by atoms with Gasteiger partial charge in [0.25, 0.3) is 11.5 Å². The summed E-state index contributed by atoms with van der Waals surface area (Å²) in [6.45, 7) is 2.25. The van der Waals surface area contributed by atoms with Crippen LogP contribution in [0.5, 0.6) is 17.2 Å². The average molecular weight is 522 g/mol. The van der Waals surface area contributed by atoms with Crippen LogP contribution in [-0.4, -0.2) is 42.2 Å². The van der Waals surface area contributed by atoms with Gasteiger partial charge < -0.3 is 19.5 Å². The predicted octanol–water partition coefficient (Wildman–Crippen LogP) is 4.74. The maximum atomic E-state index is 13.9. The third-order valence-electron chi connectivity index (χ3n) is 7.10. The van der Waals surface area contributed by atoms with Crippen molar-refractivity contribution in [3.05, 3.63) is 88.8 Å². The molecule has 8 nitrogen and oxygen atoms in total. The zero-order chi connectivity index (χ0) is 27.1. The van der Waals surface area contributed by atoms with Crippen molar-refractivity contribution in [1.82, 2.24) is 14.7 Å². The topological polar surface area (TPSA) is 91.2 Å². The molecule has 6 aromatic rings. The fraction of sp³-hybridized carbons (Fsp3) is 0.194. The molecule has 0 saturated carbocycles. The quantitative estimate of drug-likeness (QED) is 0.291. The van der Waals surface area contributed by atoms with Gasteiger partial charge in [-0.05, 0) is 55.3 Å². The number of nitrogens with one attached hydrogen (secondary N) is 1. The Labute approximate surface area is 224 Å². The van der Waals surface area contributed by atoms with Crippen LogP contribution in [0.4, 0.5) is 0 Å². The fourth-order valence-electron chi connectivity index (χ4n) is 5.25. The highest BCUT2D eigenvalue weighted by Crippen LogP contribution is 2.39. The Hall–Kier alpha value is -4.85. The Morgan fingerprint density at radius 3 is 2.56 bits per heavy atom. The van der Waals surface area contributed by atoms with E-state index in [1.165, 1.54) is 7.11 Å². The molecular weight excluding hydrogens is 494 g/mol. The number of aromatic nitrogens is 2. The molecule has 0 saturated heterocycles. The van der Waals surface area contributed by atoms with E-state index in [2.05, 4.69) is 10.3 Å². The summed E-state index contributed by atoms with van der Waals surface area (Å²) >= 11 is 0. The van der Waals surface area contributed by atoms with E-state index in [9.17, 15) is 9.59 Å². The number of nitrogens with zero attached hydrogens (tertiary/aromatic N) is 2. The standard InChI is InChI=1S/C31H27N3O5/c1-18(30(35)33-15-13-19-7-5-4-6-8-19)39-20-9-11-24-23(17-20)21-14-16-32-27-22-10-12-25(37-2)29(38-3)26(22)31(36)34(24)28(21)27/h4-12,14,16-18H,13,15H2,1-3H3,(H,33,35)/t18-/m0/s1. The number of fused-ring (bicyclic) bond motifs is 5. The first-order valence-corrected chi connectivity index (χ1v) is 12.7. The third-order valence-corrected chi connectivity index (χ3v) is 7.10. The highest BCUT2D eigenvalue weighted by molar-refractivity contribution is 6.19. The van der Waals surface area contributed by atoms with Crippen molar-refractivity contribution in [2.75, 3.05) is 20.8 Å². The van der Waals surface area contributed by atoms with Crippen molar-refractivity contribution >= 4 is 44.0 Å². The number of ether oxygens (including phenoxy) is 3. The van der Waals surface area contributed by atoms with Crippen LogP contribution in [0.1, 0.15) is 12.5 Å². The van der Waals surface area contributed by atoms with E-state index in [-0.39, 0.29) is 11.5 Å². The van der Waals surface area contributed by atoms with Crippen molar-refractivity contribution in [3.8, 4) is 17.2 Å². The summed E-state index contributed by atoms with van der Waals surface area (Å²) in [5, 5.41) is 5.73. The number of benzene rings is 3. The lowest BCUT2D eigenvalue weighted by Crippen LogP contribution is -2.37. The minimum atomic E-state index is -0.693. The van der Waals surface area contributed by atoms with Gasteiger partial charge in [-0.25, -0.2) is 0 Å². The molecule has 0 aliphatic rings. The molecule has 0 aliphatic heterocycles. The molecule has 0 aliphatic carbocycles.